The molecule has 1 atom stereocenters. The zero-order valence-corrected chi connectivity index (χ0v) is 10.2. The van der Waals surface area contributed by atoms with Gasteiger partial charge in [-0.25, -0.2) is 0 Å². The van der Waals surface area contributed by atoms with Crippen LogP contribution >= 0.6 is 0 Å². The first-order valence-electron chi connectivity index (χ1n) is 6.15. The number of hydrogen-bond acceptors (Lipinski definition) is 2. The predicted molar refractivity (Wildman–Crippen MR) is 64.4 cm³/mol. The zero-order chi connectivity index (χ0) is 10.8. The van der Waals surface area contributed by atoms with Crippen molar-refractivity contribution in [3.05, 3.63) is 0 Å². The van der Waals surface area contributed by atoms with Gasteiger partial charge in [-0.2, -0.15) is 0 Å². The molecule has 0 radical (unpaired) electrons. The van der Waals surface area contributed by atoms with Crippen molar-refractivity contribution in [1.82, 2.24) is 5.32 Å². The van der Waals surface area contributed by atoms with E-state index in [1.54, 1.807) is 0 Å². The molecular weight excluding hydrogens is 172 g/mol. The Labute approximate surface area is 89.6 Å². The third-order valence-corrected chi connectivity index (χ3v) is 3.04. The smallest absolute Gasteiger partial charge is 0.00207 e. The van der Waals surface area contributed by atoms with Crippen LogP contribution in [0, 0.1) is 11.8 Å². The molecule has 0 heterocycles. The predicted octanol–water partition coefficient (Wildman–Crippen LogP) is 2.39. The van der Waals surface area contributed by atoms with E-state index in [4.69, 9.17) is 5.73 Å². The molecule has 1 unspecified atom stereocenters. The lowest BCUT2D eigenvalue weighted by Crippen LogP contribution is -2.24. The van der Waals surface area contributed by atoms with Crippen molar-refractivity contribution >= 4 is 0 Å². The Kier molecular flexibility index (Phi) is 9.42. The van der Waals surface area contributed by atoms with E-state index in [2.05, 4.69) is 26.1 Å². The van der Waals surface area contributed by atoms with Gasteiger partial charge >= 0.3 is 0 Å². The molecule has 0 aromatic heterocycles. The van der Waals surface area contributed by atoms with Crippen molar-refractivity contribution in [1.29, 1.82) is 0 Å². The van der Waals surface area contributed by atoms with Gasteiger partial charge in [-0.1, -0.05) is 33.6 Å². The van der Waals surface area contributed by atoms with Crippen LogP contribution in [-0.2, 0) is 0 Å². The van der Waals surface area contributed by atoms with E-state index in [0.29, 0.717) is 5.92 Å². The zero-order valence-electron chi connectivity index (χ0n) is 10.2. The third-order valence-electron chi connectivity index (χ3n) is 3.04. The maximum atomic E-state index is 5.56. The molecule has 0 saturated heterocycles. The van der Waals surface area contributed by atoms with E-state index in [0.717, 1.165) is 19.0 Å². The summed E-state index contributed by atoms with van der Waals surface area (Å²) < 4.78 is 0. The highest BCUT2D eigenvalue weighted by atomic mass is 14.8. The van der Waals surface area contributed by atoms with E-state index in [1.165, 1.54) is 32.2 Å². The van der Waals surface area contributed by atoms with Crippen LogP contribution in [0.1, 0.15) is 46.5 Å². The molecule has 0 aliphatic heterocycles. The lowest BCUT2D eigenvalue weighted by Gasteiger charge is -2.13. The Morgan fingerprint density at radius 1 is 1.21 bits per heavy atom. The second-order valence-electron chi connectivity index (χ2n) is 4.37. The standard InChI is InChI=1S/C12H28N2/c1-4-12(5-2)10-14-8-6-7-11(3)9-13/h11-12,14H,4-10,13H2,1-3H3. The van der Waals surface area contributed by atoms with Gasteiger partial charge in [0.2, 0.25) is 0 Å². The van der Waals surface area contributed by atoms with Gasteiger partial charge in [0.05, 0.1) is 0 Å². The number of nitrogens with one attached hydrogen (secondary N) is 1. The van der Waals surface area contributed by atoms with Crippen molar-refractivity contribution < 1.29 is 0 Å². The van der Waals surface area contributed by atoms with E-state index in [1.807, 2.05) is 0 Å². The van der Waals surface area contributed by atoms with Crippen LogP contribution in [0.15, 0.2) is 0 Å². The summed E-state index contributed by atoms with van der Waals surface area (Å²) in [5.74, 6) is 1.55. The highest BCUT2D eigenvalue weighted by molar-refractivity contribution is 4.60. The summed E-state index contributed by atoms with van der Waals surface area (Å²) in [6.45, 7) is 9.93. The van der Waals surface area contributed by atoms with Crippen molar-refractivity contribution in [2.45, 2.75) is 46.5 Å². The number of rotatable bonds is 9. The first-order valence-corrected chi connectivity index (χ1v) is 6.15. The van der Waals surface area contributed by atoms with Gasteiger partial charge in [0.1, 0.15) is 0 Å². The topological polar surface area (TPSA) is 38.0 Å². The summed E-state index contributed by atoms with van der Waals surface area (Å²) >= 11 is 0. The average molecular weight is 200 g/mol. The minimum absolute atomic E-state index is 0.685. The van der Waals surface area contributed by atoms with E-state index in [-0.39, 0.29) is 0 Å². The SMILES string of the molecule is CCC(CC)CNCCCC(C)CN. The van der Waals surface area contributed by atoms with E-state index in [9.17, 15) is 0 Å². The highest BCUT2D eigenvalue weighted by Gasteiger charge is 2.02. The summed E-state index contributed by atoms with van der Waals surface area (Å²) in [5, 5.41) is 3.53. The van der Waals surface area contributed by atoms with Crippen molar-refractivity contribution in [2.75, 3.05) is 19.6 Å². The molecule has 0 bridgehead atoms. The van der Waals surface area contributed by atoms with Crippen LogP contribution < -0.4 is 11.1 Å². The maximum Gasteiger partial charge on any atom is -0.00207 e. The van der Waals surface area contributed by atoms with Crippen LogP contribution in [0.4, 0.5) is 0 Å². The molecule has 0 spiro atoms. The van der Waals surface area contributed by atoms with Crippen LogP contribution in [0.3, 0.4) is 0 Å². The van der Waals surface area contributed by atoms with Gasteiger partial charge in [-0.15, -0.1) is 0 Å². The lowest BCUT2D eigenvalue weighted by atomic mass is 10.0. The fourth-order valence-corrected chi connectivity index (χ4v) is 1.58. The third kappa shape index (κ3) is 7.34. The molecule has 0 fully saturated rings. The summed E-state index contributed by atoms with van der Waals surface area (Å²) in [4.78, 5) is 0. The van der Waals surface area contributed by atoms with Gasteiger partial charge in [0.25, 0.3) is 0 Å². The summed E-state index contributed by atoms with van der Waals surface area (Å²) in [6.07, 6.45) is 5.11. The Morgan fingerprint density at radius 3 is 2.36 bits per heavy atom. The van der Waals surface area contributed by atoms with Crippen LogP contribution in [0.2, 0.25) is 0 Å². The lowest BCUT2D eigenvalue weighted by molar-refractivity contribution is 0.433. The molecule has 2 nitrogen and oxygen atoms in total. The second-order valence-corrected chi connectivity index (χ2v) is 4.37. The molecular formula is C12H28N2. The van der Waals surface area contributed by atoms with Crippen LogP contribution in [0.5, 0.6) is 0 Å². The Balaban J connectivity index is 3.20. The molecule has 0 aromatic rings. The first kappa shape index (κ1) is 13.9. The average Bonchev–Trinajstić information content (AvgIpc) is 2.23. The molecule has 0 aliphatic rings. The molecule has 2 heteroatoms. The van der Waals surface area contributed by atoms with Gasteiger partial charge in [-0.3, -0.25) is 0 Å². The summed E-state index contributed by atoms with van der Waals surface area (Å²) in [6, 6.07) is 0. The van der Waals surface area contributed by atoms with Crippen LogP contribution in [0.25, 0.3) is 0 Å². The van der Waals surface area contributed by atoms with Gasteiger partial charge in [-0.05, 0) is 44.3 Å². The Hall–Kier alpha value is -0.0800. The molecule has 14 heavy (non-hydrogen) atoms. The Bertz CT molecular complexity index is 111. The van der Waals surface area contributed by atoms with Crippen molar-refractivity contribution in [2.24, 2.45) is 17.6 Å². The fraction of sp³-hybridized carbons (Fsp3) is 1.00. The molecule has 3 N–H and O–H groups in total. The van der Waals surface area contributed by atoms with E-state index >= 15 is 0 Å². The summed E-state index contributed by atoms with van der Waals surface area (Å²) in [7, 11) is 0. The molecule has 0 saturated carbocycles. The second kappa shape index (κ2) is 9.47. The normalized spacial score (nSPS) is 13.5. The summed E-state index contributed by atoms with van der Waals surface area (Å²) in [5.41, 5.74) is 5.56. The first-order chi connectivity index (χ1) is 6.74. The molecule has 0 aliphatic carbocycles. The molecule has 0 aromatic carbocycles. The van der Waals surface area contributed by atoms with Gasteiger partial charge < -0.3 is 11.1 Å². The fourth-order valence-electron chi connectivity index (χ4n) is 1.58. The van der Waals surface area contributed by atoms with Gasteiger partial charge in [0, 0.05) is 0 Å². The molecule has 0 amide bonds. The Morgan fingerprint density at radius 2 is 1.86 bits per heavy atom. The molecule has 86 valence electrons. The van der Waals surface area contributed by atoms with Crippen molar-refractivity contribution in [3.8, 4) is 0 Å². The number of nitrogens with two attached hydrogens (primary N) is 1. The van der Waals surface area contributed by atoms with Gasteiger partial charge in [0.15, 0.2) is 0 Å². The van der Waals surface area contributed by atoms with Crippen LogP contribution in [-0.4, -0.2) is 19.6 Å². The number of hydrogen-bond donors (Lipinski definition) is 2. The largest absolute Gasteiger partial charge is 0.330 e. The minimum atomic E-state index is 0.685. The molecule has 0 rings (SSSR count). The maximum absolute atomic E-state index is 5.56. The monoisotopic (exact) mass is 200 g/mol. The highest BCUT2D eigenvalue weighted by Crippen LogP contribution is 2.06. The van der Waals surface area contributed by atoms with E-state index < -0.39 is 0 Å². The minimum Gasteiger partial charge on any atom is -0.330 e. The quantitative estimate of drug-likeness (QED) is 0.561. The van der Waals surface area contributed by atoms with Crippen molar-refractivity contribution in [3.63, 3.8) is 0 Å².